The van der Waals surface area contributed by atoms with E-state index in [0.29, 0.717) is 12.5 Å². The van der Waals surface area contributed by atoms with Crippen molar-refractivity contribution in [2.24, 2.45) is 17.8 Å². The van der Waals surface area contributed by atoms with Crippen LogP contribution in [0.4, 0.5) is 0 Å². The second-order valence-corrected chi connectivity index (χ2v) is 13.0. The minimum absolute atomic E-state index is 0.0168. The van der Waals surface area contributed by atoms with Crippen LogP contribution in [-0.2, 0) is 41.6 Å². The van der Waals surface area contributed by atoms with Crippen LogP contribution in [0.25, 0.3) is 10.8 Å². The summed E-state index contributed by atoms with van der Waals surface area (Å²) in [5.41, 5.74) is 1.80. The molecule has 3 aromatic rings. The second-order valence-electron chi connectivity index (χ2n) is 13.0. The SMILES string of the molecule is CC[C@H](C)[C@H](C)[C@@H](CC(=O)N1CCC[C@H]1[C@H](OC)[C@@H](C)C(=O)N[C@@H](Cc1ccccc1)C(=O)OCc1cccc2ccccc12)OC. The number of hydrogen-bond donors (Lipinski definition) is 1. The quantitative estimate of drug-likeness (QED) is 0.183. The number of esters is 1. The van der Waals surface area contributed by atoms with Crippen molar-refractivity contribution in [3.63, 3.8) is 0 Å². The maximum atomic E-state index is 13.8. The van der Waals surface area contributed by atoms with E-state index in [4.69, 9.17) is 14.2 Å². The molecule has 254 valence electrons. The van der Waals surface area contributed by atoms with Gasteiger partial charge in [0.2, 0.25) is 11.8 Å². The zero-order valence-corrected chi connectivity index (χ0v) is 28.8. The Balaban J connectivity index is 1.46. The lowest BCUT2D eigenvalue weighted by Crippen LogP contribution is -2.53. The zero-order chi connectivity index (χ0) is 33.9. The molecule has 1 N–H and O–H groups in total. The van der Waals surface area contributed by atoms with Crippen LogP contribution in [0.2, 0.25) is 0 Å². The van der Waals surface area contributed by atoms with Crippen LogP contribution in [0.1, 0.15) is 64.5 Å². The topological polar surface area (TPSA) is 94.2 Å². The molecule has 47 heavy (non-hydrogen) atoms. The Labute approximate surface area is 280 Å². The first-order valence-corrected chi connectivity index (χ1v) is 17.0. The summed E-state index contributed by atoms with van der Waals surface area (Å²) < 4.78 is 17.5. The summed E-state index contributed by atoms with van der Waals surface area (Å²) in [6.07, 6.45) is 2.43. The largest absolute Gasteiger partial charge is 0.459 e. The molecule has 8 nitrogen and oxygen atoms in total. The number of fused-ring (bicyclic) bond motifs is 1. The minimum atomic E-state index is -0.898. The molecule has 7 atom stereocenters. The summed E-state index contributed by atoms with van der Waals surface area (Å²) in [5, 5.41) is 5.06. The van der Waals surface area contributed by atoms with Gasteiger partial charge in [0.15, 0.2) is 0 Å². The number of nitrogens with zero attached hydrogens (tertiary/aromatic N) is 1. The molecule has 0 saturated carbocycles. The molecule has 0 aromatic heterocycles. The molecule has 0 radical (unpaired) electrons. The number of amides is 2. The molecular formula is C39H52N2O6. The van der Waals surface area contributed by atoms with Gasteiger partial charge in [0.1, 0.15) is 12.6 Å². The summed E-state index contributed by atoms with van der Waals surface area (Å²) in [6.45, 7) is 8.98. The molecule has 0 aliphatic carbocycles. The van der Waals surface area contributed by atoms with Gasteiger partial charge < -0.3 is 24.4 Å². The van der Waals surface area contributed by atoms with Gasteiger partial charge in [0.25, 0.3) is 0 Å². The third-order valence-electron chi connectivity index (χ3n) is 10.1. The predicted molar refractivity (Wildman–Crippen MR) is 185 cm³/mol. The van der Waals surface area contributed by atoms with E-state index >= 15 is 0 Å². The standard InChI is InChI=1S/C39H52N2O6/c1-7-26(2)27(3)35(45-5)24-36(42)41-22-14-21-34(41)37(46-6)28(4)38(43)40-33(23-29-15-9-8-10-16-29)39(44)47-25-31-19-13-18-30-17-11-12-20-32(30)31/h8-13,15-20,26-28,33-35,37H,7,14,21-25H2,1-6H3,(H,40,43)/t26-,27-,28+,33-,34-,35+,37+/m0/s1. The lowest BCUT2D eigenvalue weighted by molar-refractivity contribution is -0.150. The Bertz CT molecular complexity index is 1460. The van der Waals surface area contributed by atoms with Gasteiger partial charge in [-0.15, -0.1) is 0 Å². The molecule has 0 spiro atoms. The molecule has 4 rings (SSSR count). The number of ether oxygens (including phenoxy) is 3. The van der Waals surface area contributed by atoms with E-state index in [9.17, 15) is 14.4 Å². The first-order chi connectivity index (χ1) is 22.7. The van der Waals surface area contributed by atoms with Gasteiger partial charge in [-0.2, -0.15) is 0 Å². The van der Waals surface area contributed by atoms with Crippen molar-refractivity contribution in [2.75, 3.05) is 20.8 Å². The number of hydrogen-bond acceptors (Lipinski definition) is 6. The van der Waals surface area contributed by atoms with Gasteiger partial charge in [0, 0.05) is 27.2 Å². The fourth-order valence-electron chi connectivity index (χ4n) is 6.81. The molecule has 1 fully saturated rings. The highest BCUT2D eigenvalue weighted by atomic mass is 16.5. The lowest BCUT2D eigenvalue weighted by Gasteiger charge is -2.35. The number of nitrogens with one attached hydrogen (secondary N) is 1. The van der Waals surface area contributed by atoms with Crippen molar-refractivity contribution in [2.45, 2.75) is 90.7 Å². The molecule has 0 bridgehead atoms. The number of rotatable bonds is 16. The summed E-state index contributed by atoms with van der Waals surface area (Å²) in [6, 6.07) is 22.3. The summed E-state index contributed by atoms with van der Waals surface area (Å²) in [5.74, 6) is -0.766. The van der Waals surface area contributed by atoms with Crippen LogP contribution in [0.5, 0.6) is 0 Å². The number of benzene rings is 3. The summed E-state index contributed by atoms with van der Waals surface area (Å²) >= 11 is 0. The van der Waals surface area contributed by atoms with Gasteiger partial charge in [-0.3, -0.25) is 9.59 Å². The van der Waals surface area contributed by atoms with E-state index in [1.54, 1.807) is 21.1 Å². The Morgan fingerprint density at radius 1 is 0.915 bits per heavy atom. The van der Waals surface area contributed by atoms with Crippen LogP contribution in [-0.4, -0.2) is 67.7 Å². The number of likely N-dealkylation sites (tertiary alicyclic amines) is 1. The molecule has 8 heteroatoms. The lowest BCUT2D eigenvalue weighted by atomic mass is 9.87. The zero-order valence-electron chi connectivity index (χ0n) is 28.8. The normalized spacial score (nSPS) is 18.6. The van der Waals surface area contributed by atoms with Gasteiger partial charge in [-0.25, -0.2) is 4.79 Å². The highest BCUT2D eigenvalue weighted by molar-refractivity contribution is 5.88. The van der Waals surface area contributed by atoms with Crippen LogP contribution in [0, 0.1) is 17.8 Å². The van der Waals surface area contributed by atoms with E-state index in [0.717, 1.165) is 41.2 Å². The van der Waals surface area contributed by atoms with Gasteiger partial charge >= 0.3 is 5.97 Å². The van der Waals surface area contributed by atoms with Crippen molar-refractivity contribution < 1.29 is 28.6 Å². The van der Waals surface area contributed by atoms with Gasteiger partial charge in [-0.05, 0) is 46.6 Å². The fourth-order valence-corrected chi connectivity index (χ4v) is 6.81. The Morgan fingerprint density at radius 2 is 1.62 bits per heavy atom. The van der Waals surface area contributed by atoms with E-state index in [2.05, 4.69) is 26.1 Å². The summed E-state index contributed by atoms with van der Waals surface area (Å²) in [7, 11) is 3.25. The fraction of sp³-hybridized carbons (Fsp3) is 0.513. The minimum Gasteiger partial charge on any atom is -0.459 e. The van der Waals surface area contributed by atoms with Crippen molar-refractivity contribution in [1.82, 2.24) is 10.2 Å². The first-order valence-electron chi connectivity index (χ1n) is 17.0. The number of carbonyl (C=O) groups is 3. The Hall–Kier alpha value is -3.75. The average molecular weight is 645 g/mol. The Morgan fingerprint density at radius 3 is 2.32 bits per heavy atom. The molecule has 1 heterocycles. The van der Waals surface area contributed by atoms with Crippen molar-refractivity contribution in [3.05, 3.63) is 83.9 Å². The van der Waals surface area contributed by atoms with Gasteiger partial charge in [-0.1, -0.05) is 107 Å². The van der Waals surface area contributed by atoms with Crippen LogP contribution in [0.15, 0.2) is 72.8 Å². The molecule has 1 aliphatic rings. The Kier molecular flexibility index (Phi) is 13.4. The molecule has 2 amide bonds. The highest BCUT2D eigenvalue weighted by Gasteiger charge is 2.41. The van der Waals surface area contributed by atoms with E-state index < -0.39 is 24.0 Å². The van der Waals surface area contributed by atoms with Crippen LogP contribution in [0.3, 0.4) is 0 Å². The summed E-state index contributed by atoms with van der Waals surface area (Å²) in [4.78, 5) is 42.9. The maximum Gasteiger partial charge on any atom is 0.329 e. The monoisotopic (exact) mass is 644 g/mol. The molecule has 3 aromatic carbocycles. The molecule has 0 unspecified atom stereocenters. The smallest absolute Gasteiger partial charge is 0.329 e. The van der Waals surface area contributed by atoms with E-state index in [1.807, 2.05) is 77.7 Å². The second kappa shape index (κ2) is 17.4. The molecule has 1 saturated heterocycles. The number of methoxy groups -OCH3 is 2. The first kappa shape index (κ1) is 36.1. The number of carbonyl (C=O) groups excluding carboxylic acids is 3. The average Bonchev–Trinajstić information content (AvgIpc) is 3.59. The molecular weight excluding hydrogens is 592 g/mol. The predicted octanol–water partition coefficient (Wildman–Crippen LogP) is 6.34. The van der Waals surface area contributed by atoms with E-state index in [1.165, 1.54) is 0 Å². The molecule has 1 aliphatic heterocycles. The van der Waals surface area contributed by atoms with Crippen LogP contribution >= 0.6 is 0 Å². The maximum absolute atomic E-state index is 13.8. The van der Waals surface area contributed by atoms with Crippen molar-refractivity contribution in [3.8, 4) is 0 Å². The van der Waals surface area contributed by atoms with Crippen LogP contribution < -0.4 is 5.32 Å². The highest BCUT2D eigenvalue weighted by Crippen LogP contribution is 2.30. The van der Waals surface area contributed by atoms with E-state index in [-0.39, 0.29) is 49.3 Å². The van der Waals surface area contributed by atoms with Crippen molar-refractivity contribution >= 4 is 28.6 Å². The van der Waals surface area contributed by atoms with Crippen molar-refractivity contribution in [1.29, 1.82) is 0 Å². The third-order valence-corrected chi connectivity index (χ3v) is 10.1. The third kappa shape index (κ3) is 9.20. The van der Waals surface area contributed by atoms with Gasteiger partial charge in [0.05, 0.1) is 30.6 Å².